The minimum atomic E-state index is -1.50. The lowest BCUT2D eigenvalue weighted by molar-refractivity contribution is -0.142. The van der Waals surface area contributed by atoms with Crippen LogP contribution < -0.4 is 32.7 Å². The number of carboxylic acid groups (broad SMARTS) is 1. The molecule has 0 radical (unpaired) electrons. The summed E-state index contributed by atoms with van der Waals surface area (Å²) in [6, 6.07) is 9.32. The van der Waals surface area contributed by atoms with Gasteiger partial charge in [0, 0.05) is 12.8 Å². The van der Waals surface area contributed by atoms with E-state index in [9.17, 15) is 44.1 Å². The maximum Gasteiger partial charge on any atom is 0.326 e. The number of phenolic OH excluding ortho intramolecular Hbond substituents is 1. The van der Waals surface area contributed by atoms with Crippen LogP contribution in [0.5, 0.6) is 5.75 Å². The molecule has 15 heteroatoms. The van der Waals surface area contributed by atoms with Gasteiger partial charge in [-0.25, -0.2) is 4.79 Å². The van der Waals surface area contributed by atoms with E-state index in [0.29, 0.717) is 11.1 Å². The highest BCUT2D eigenvalue weighted by Gasteiger charge is 2.31. The summed E-state index contributed by atoms with van der Waals surface area (Å²) in [7, 11) is 0. The lowest BCUT2D eigenvalue weighted by atomic mass is 10.0. The van der Waals surface area contributed by atoms with Gasteiger partial charge in [-0.2, -0.15) is 0 Å². The van der Waals surface area contributed by atoms with Gasteiger partial charge in [0.25, 0.3) is 0 Å². The lowest BCUT2D eigenvalue weighted by Gasteiger charge is -2.26. The van der Waals surface area contributed by atoms with Crippen molar-refractivity contribution in [3.8, 4) is 5.75 Å². The van der Waals surface area contributed by atoms with Crippen LogP contribution in [0.4, 0.5) is 0 Å². The Hall–Kier alpha value is -5.02. The van der Waals surface area contributed by atoms with Crippen LogP contribution in [-0.4, -0.2) is 87.6 Å². The van der Waals surface area contributed by atoms with Crippen LogP contribution >= 0.6 is 0 Å². The van der Waals surface area contributed by atoms with Crippen molar-refractivity contribution in [2.75, 3.05) is 6.54 Å². The first kappa shape index (κ1) is 35.2. The number of aliphatic hydroxyl groups excluding tert-OH is 1. The molecule has 238 valence electrons. The fourth-order valence-electron chi connectivity index (χ4n) is 4.04. The van der Waals surface area contributed by atoms with Crippen molar-refractivity contribution in [2.24, 2.45) is 11.5 Å². The van der Waals surface area contributed by atoms with E-state index in [0.717, 1.165) is 0 Å². The molecule has 44 heavy (non-hydrogen) atoms. The van der Waals surface area contributed by atoms with Crippen LogP contribution in [0.3, 0.4) is 0 Å². The Kier molecular flexibility index (Phi) is 13.7. The van der Waals surface area contributed by atoms with E-state index in [1.165, 1.54) is 19.1 Å². The summed E-state index contributed by atoms with van der Waals surface area (Å²) in [5.41, 5.74) is 12.3. The van der Waals surface area contributed by atoms with Crippen LogP contribution in [0.2, 0.25) is 0 Å². The average Bonchev–Trinajstić information content (AvgIpc) is 2.97. The molecule has 2 aromatic carbocycles. The molecule has 0 unspecified atom stereocenters. The van der Waals surface area contributed by atoms with Crippen molar-refractivity contribution in [2.45, 2.75) is 62.9 Å². The number of carbonyl (C=O) groups excluding carboxylic acids is 5. The average molecular weight is 615 g/mol. The first-order valence-electron chi connectivity index (χ1n) is 13.7. The van der Waals surface area contributed by atoms with Gasteiger partial charge in [0.15, 0.2) is 0 Å². The highest BCUT2D eigenvalue weighted by molar-refractivity contribution is 5.95. The number of hydrogen-bond donors (Lipinski definition) is 9. The van der Waals surface area contributed by atoms with E-state index >= 15 is 0 Å². The molecule has 15 nitrogen and oxygen atoms in total. The molecule has 0 saturated carbocycles. The molecule has 5 atom stereocenters. The van der Waals surface area contributed by atoms with Crippen molar-refractivity contribution in [1.29, 1.82) is 0 Å². The number of carboxylic acids is 1. The summed E-state index contributed by atoms with van der Waals surface area (Å²) in [5, 5.41) is 38.4. The molecule has 0 saturated heterocycles. The molecule has 0 aromatic heterocycles. The molecule has 0 aliphatic heterocycles. The second kappa shape index (κ2) is 17.2. The van der Waals surface area contributed by atoms with Crippen LogP contribution in [-0.2, 0) is 41.6 Å². The van der Waals surface area contributed by atoms with E-state index < -0.39 is 72.3 Å². The zero-order chi connectivity index (χ0) is 32.8. The van der Waals surface area contributed by atoms with E-state index in [1.54, 1.807) is 42.5 Å². The number of aromatic hydroxyl groups is 1. The van der Waals surface area contributed by atoms with Crippen molar-refractivity contribution in [1.82, 2.24) is 21.3 Å². The summed E-state index contributed by atoms with van der Waals surface area (Å²) in [6.07, 6.45) is -1.87. The number of phenols is 1. The molecule has 0 heterocycles. The SMILES string of the molecule is C[C@@H](O)[C@H](NC(=O)[C@@H](N)Cc1ccc(O)cc1)C(=O)N[C@@H](Cc1ccccc1)C(=O)NCC(=O)N[C@@H](CCC(N)=O)C(=O)O. The number of hydrogen-bond acceptors (Lipinski definition) is 9. The van der Waals surface area contributed by atoms with Gasteiger partial charge in [0.2, 0.25) is 29.5 Å². The number of aliphatic hydroxyl groups is 1. The molecule has 0 bridgehead atoms. The van der Waals surface area contributed by atoms with Gasteiger partial charge in [-0.3, -0.25) is 24.0 Å². The number of primary amides is 1. The van der Waals surface area contributed by atoms with Crippen LogP contribution in [0.1, 0.15) is 30.9 Å². The first-order valence-corrected chi connectivity index (χ1v) is 13.7. The maximum atomic E-state index is 13.2. The van der Waals surface area contributed by atoms with Gasteiger partial charge >= 0.3 is 5.97 Å². The predicted octanol–water partition coefficient (Wildman–Crippen LogP) is -2.19. The minimum Gasteiger partial charge on any atom is -0.508 e. The van der Waals surface area contributed by atoms with E-state index in [1.807, 2.05) is 0 Å². The third-order valence-corrected chi connectivity index (χ3v) is 6.44. The van der Waals surface area contributed by atoms with E-state index in [4.69, 9.17) is 11.5 Å². The Morgan fingerprint density at radius 1 is 0.795 bits per heavy atom. The molecule has 0 aliphatic carbocycles. The van der Waals surface area contributed by atoms with Crippen LogP contribution in [0.25, 0.3) is 0 Å². The van der Waals surface area contributed by atoms with Gasteiger partial charge in [0.1, 0.15) is 23.9 Å². The molecule has 0 aliphatic rings. The van der Waals surface area contributed by atoms with Crippen LogP contribution in [0.15, 0.2) is 54.6 Å². The monoisotopic (exact) mass is 614 g/mol. The summed E-state index contributed by atoms with van der Waals surface area (Å²) < 4.78 is 0. The third-order valence-electron chi connectivity index (χ3n) is 6.44. The van der Waals surface area contributed by atoms with Crippen molar-refractivity contribution in [3.63, 3.8) is 0 Å². The molecule has 2 rings (SSSR count). The maximum absolute atomic E-state index is 13.2. The lowest BCUT2D eigenvalue weighted by Crippen LogP contribution is -2.60. The molecule has 5 amide bonds. The number of nitrogens with two attached hydrogens (primary N) is 2. The molecular weight excluding hydrogens is 576 g/mol. The first-order chi connectivity index (χ1) is 20.8. The number of nitrogens with one attached hydrogen (secondary N) is 4. The Morgan fingerprint density at radius 3 is 1.98 bits per heavy atom. The highest BCUT2D eigenvalue weighted by Crippen LogP contribution is 2.11. The summed E-state index contributed by atoms with van der Waals surface area (Å²) in [4.78, 5) is 73.8. The number of benzene rings is 2. The van der Waals surface area contributed by atoms with Gasteiger partial charge in [-0.05, 0) is 43.0 Å². The van der Waals surface area contributed by atoms with Crippen molar-refractivity contribution < 1.29 is 44.1 Å². The summed E-state index contributed by atoms with van der Waals surface area (Å²) in [6.45, 7) is 0.618. The fourth-order valence-corrected chi connectivity index (χ4v) is 4.04. The van der Waals surface area contributed by atoms with Crippen LogP contribution in [0, 0.1) is 0 Å². The minimum absolute atomic E-state index is 0.0305. The molecule has 0 spiro atoms. The Bertz CT molecular complexity index is 1300. The summed E-state index contributed by atoms with van der Waals surface area (Å²) >= 11 is 0. The second-order valence-electron chi connectivity index (χ2n) is 10.1. The number of aliphatic carboxylic acids is 1. The topological polar surface area (TPSA) is 263 Å². The Labute approximate surface area is 253 Å². The van der Waals surface area contributed by atoms with Crippen molar-refractivity contribution >= 4 is 35.5 Å². The van der Waals surface area contributed by atoms with Crippen molar-refractivity contribution in [3.05, 3.63) is 65.7 Å². The molecule has 11 N–H and O–H groups in total. The normalized spacial score (nSPS) is 14.2. The fraction of sp³-hybridized carbons (Fsp3) is 0.379. The third kappa shape index (κ3) is 12.1. The standard InChI is InChI=1S/C29H38N6O9/c1-16(36)25(35-26(40)20(30)13-18-7-9-19(37)10-8-18)28(42)34-22(14-17-5-3-2-4-6-17)27(41)32-15-24(39)33-21(29(43)44)11-12-23(31)38/h2-10,16,20-22,25,36-37H,11-15,30H2,1H3,(H2,31,38)(H,32,41)(H,33,39)(H,34,42)(H,35,40)(H,43,44)/t16-,20+,21+,22+,25+/m1/s1. The largest absolute Gasteiger partial charge is 0.508 e. The van der Waals surface area contributed by atoms with Gasteiger partial charge in [-0.1, -0.05) is 42.5 Å². The van der Waals surface area contributed by atoms with Gasteiger partial charge in [-0.15, -0.1) is 0 Å². The Morgan fingerprint density at radius 2 is 1.41 bits per heavy atom. The molecule has 0 fully saturated rings. The molecule has 2 aromatic rings. The zero-order valence-corrected chi connectivity index (χ0v) is 24.1. The zero-order valence-electron chi connectivity index (χ0n) is 24.1. The summed E-state index contributed by atoms with van der Waals surface area (Å²) in [5.74, 6) is -5.42. The predicted molar refractivity (Wildman–Crippen MR) is 156 cm³/mol. The van der Waals surface area contributed by atoms with E-state index in [2.05, 4.69) is 21.3 Å². The van der Waals surface area contributed by atoms with E-state index in [-0.39, 0.29) is 31.4 Å². The quantitative estimate of drug-likeness (QED) is 0.0929. The number of rotatable bonds is 17. The molecular formula is C29H38N6O9. The number of amides is 5. The smallest absolute Gasteiger partial charge is 0.326 e. The second-order valence-corrected chi connectivity index (χ2v) is 10.1. The Balaban J connectivity index is 2.09. The van der Waals surface area contributed by atoms with Gasteiger partial charge in [0.05, 0.1) is 18.7 Å². The highest BCUT2D eigenvalue weighted by atomic mass is 16.4. The number of carbonyl (C=O) groups is 6. The van der Waals surface area contributed by atoms with Gasteiger partial charge < -0.3 is 48.1 Å².